The Kier molecular flexibility index (Phi) is 3.33. The molecule has 1 saturated carbocycles. The Morgan fingerprint density at radius 2 is 1.00 bits per heavy atom. The molecule has 4 aromatic rings. The minimum atomic E-state index is -0.556. The molecule has 1 heteroatoms. The van der Waals surface area contributed by atoms with Gasteiger partial charge in [-0.25, -0.2) is 0 Å². The van der Waals surface area contributed by atoms with Crippen LogP contribution >= 0.6 is 0 Å². The van der Waals surface area contributed by atoms with Gasteiger partial charge in [0.05, 0.1) is 10.8 Å². The van der Waals surface area contributed by atoms with Crippen LogP contribution in [0.3, 0.4) is 0 Å². The van der Waals surface area contributed by atoms with Crippen molar-refractivity contribution in [2.24, 2.45) is 10.8 Å². The van der Waals surface area contributed by atoms with Crippen LogP contribution in [0.4, 0.5) is 0 Å². The second-order valence-electron chi connectivity index (χ2n) is 9.96. The van der Waals surface area contributed by atoms with Crippen LogP contribution in [-0.2, 0) is 4.79 Å². The van der Waals surface area contributed by atoms with Gasteiger partial charge in [-0.05, 0) is 58.0 Å². The third-order valence-electron chi connectivity index (χ3n) is 8.57. The molecule has 0 aliphatic heterocycles. The smallest absolute Gasteiger partial charge is 0.154 e. The van der Waals surface area contributed by atoms with Crippen molar-refractivity contribution in [3.63, 3.8) is 0 Å². The van der Waals surface area contributed by atoms with E-state index in [1.165, 1.54) is 44.2 Å². The summed E-state index contributed by atoms with van der Waals surface area (Å²) in [5, 5.41) is 2.66. The molecule has 0 unspecified atom stereocenters. The minimum Gasteiger partial charge on any atom is -0.298 e. The average molecular weight is 413 g/mol. The summed E-state index contributed by atoms with van der Waals surface area (Å²) in [5.74, 6) is 0.719. The summed E-state index contributed by atoms with van der Waals surface area (Å²) in [6.07, 6.45) is 0. The van der Waals surface area contributed by atoms with E-state index in [0.29, 0.717) is 5.78 Å². The quantitative estimate of drug-likeness (QED) is 0.339. The Hall–Kier alpha value is -3.45. The zero-order chi connectivity index (χ0) is 21.7. The zero-order valence-electron chi connectivity index (χ0n) is 18.3. The van der Waals surface area contributed by atoms with Crippen molar-refractivity contribution in [2.75, 3.05) is 0 Å². The molecule has 2 bridgehead atoms. The molecule has 0 amide bonds. The van der Waals surface area contributed by atoms with Gasteiger partial charge >= 0.3 is 0 Å². The van der Waals surface area contributed by atoms with E-state index in [0.717, 1.165) is 0 Å². The van der Waals surface area contributed by atoms with Crippen LogP contribution in [0.2, 0.25) is 0 Å². The highest BCUT2D eigenvalue weighted by atomic mass is 16.1. The molecule has 0 saturated heterocycles. The molecule has 1 nitrogen and oxygen atoms in total. The number of ketones is 1. The fraction of sp³-hybridized carbons (Fsp3) is 0.194. The van der Waals surface area contributed by atoms with Crippen molar-refractivity contribution < 1.29 is 4.79 Å². The van der Waals surface area contributed by atoms with Gasteiger partial charge in [0.15, 0.2) is 5.78 Å². The minimum absolute atomic E-state index is 0.170. The Morgan fingerprint density at radius 1 is 0.562 bits per heavy atom. The highest BCUT2D eigenvalue weighted by molar-refractivity contribution is 6.25. The standard InChI is InChI=1S/C31H24O/c1-30-25(20-11-5-3-6-12-20)26(21-13-7-4-8-14-21)31(2,29(30)32)28-23-18-10-16-19-15-9-17-22(24(19)23)27(28)30/h3-18,27-28H,1-2H3/t27-,28-,30-,31-/m0/s1. The summed E-state index contributed by atoms with van der Waals surface area (Å²) in [5.41, 5.74) is 6.38. The number of allylic oxidation sites excluding steroid dienone is 2. The second-order valence-corrected chi connectivity index (χ2v) is 9.96. The molecule has 0 heterocycles. The molecule has 0 aromatic heterocycles. The van der Waals surface area contributed by atoms with Gasteiger partial charge in [-0.1, -0.05) is 97.1 Å². The second kappa shape index (κ2) is 5.86. The van der Waals surface area contributed by atoms with Gasteiger partial charge in [0.2, 0.25) is 0 Å². The number of carbonyl (C=O) groups is 1. The first-order valence-electron chi connectivity index (χ1n) is 11.5. The lowest BCUT2D eigenvalue weighted by molar-refractivity contribution is -0.127. The zero-order valence-corrected chi connectivity index (χ0v) is 18.3. The van der Waals surface area contributed by atoms with Crippen LogP contribution in [0.25, 0.3) is 21.9 Å². The van der Waals surface area contributed by atoms with E-state index in [9.17, 15) is 4.79 Å². The van der Waals surface area contributed by atoms with Crippen LogP contribution < -0.4 is 0 Å². The highest BCUT2D eigenvalue weighted by Crippen LogP contribution is 2.79. The fourth-order valence-electron chi connectivity index (χ4n) is 7.54. The molecule has 3 aliphatic carbocycles. The Balaban J connectivity index is 1.63. The molecule has 0 spiro atoms. The highest BCUT2D eigenvalue weighted by Gasteiger charge is 2.73. The molecular formula is C31H24O. The topological polar surface area (TPSA) is 17.1 Å². The molecule has 0 radical (unpaired) electrons. The van der Waals surface area contributed by atoms with Gasteiger partial charge in [-0.2, -0.15) is 0 Å². The number of rotatable bonds is 2. The number of hydrogen-bond donors (Lipinski definition) is 0. The lowest BCUT2D eigenvalue weighted by Gasteiger charge is -2.39. The molecule has 4 aromatic carbocycles. The van der Waals surface area contributed by atoms with Gasteiger partial charge in [0, 0.05) is 11.8 Å². The van der Waals surface area contributed by atoms with Crippen LogP contribution in [0.5, 0.6) is 0 Å². The van der Waals surface area contributed by atoms with E-state index in [1.807, 2.05) is 0 Å². The first kappa shape index (κ1) is 18.2. The van der Waals surface area contributed by atoms with Gasteiger partial charge in [-0.3, -0.25) is 4.79 Å². The Morgan fingerprint density at radius 3 is 1.44 bits per heavy atom. The van der Waals surface area contributed by atoms with Crippen molar-refractivity contribution in [3.8, 4) is 0 Å². The van der Waals surface area contributed by atoms with Gasteiger partial charge < -0.3 is 0 Å². The van der Waals surface area contributed by atoms with Crippen molar-refractivity contribution in [3.05, 3.63) is 119 Å². The van der Waals surface area contributed by atoms with Crippen molar-refractivity contribution >= 4 is 27.7 Å². The molecular weight excluding hydrogens is 388 g/mol. The Bertz CT molecular complexity index is 1360. The van der Waals surface area contributed by atoms with Gasteiger partial charge in [-0.15, -0.1) is 0 Å². The summed E-state index contributed by atoms with van der Waals surface area (Å²) in [6, 6.07) is 34.5. The molecule has 7 rings (SSSR count). The fourth-order valence-corrected chi connectivity index (χ4v) is 7.54. The predicted molar refractivity (Wildman–Crippen MR) is 130 cm³/mol. The maximum absolute atomic E-state index is 14.5. The third kappa shape index (κ3) is 1.86. The maximum Gasteiger partial charge on any atom is 0.154 e. The molecule has 32 heavy (non-hydrogen) atoms. The number of benzene rings is 4. The van der Waals surface area contributed by atoms with Crippen molar-refractivity contribution in [2.45, 2.75) is 25.7 Å². The van der Waals surface area contributed by atoms with E-state index in [-0.39, 0.29) is 11.8 Å². The summed E-state index contributed by atoms with van der Waals surface area (Å²) < 4.78 is 0. The van der Waals surface area contributed by atoms with Crippen LogP contribution in [0, 0.1) is 10.8 Å². The number of Topliss-reactive ketones (excluding diaryl/α,β-unsaturated/α-hetero) is 1. The Labute approximate surface area is 188 Å². The summed E-state index contributed by atoms with van der Waals surface area (Å²) in [6.45, 7) is 4.45. The predicted octanol–water partition coefficient (Wildman–Crippen LogP) is 7.24. The third-order valence-corrected chi connectivity index (χ3v) is 8.57. The van der Waals surface area contributed by atoms with Gasteiger partial charge in [0.25, 0.3) is 0 Å². The van der Waals surface area contributed by atoms with E-state index < -0.39 is 10.8 Å². The summed E-state index contributed by atoms with van der Waals surface area (Å²) >= 11 is 0. The van der Waals surface area contributed by atoms with E-state index in [4.69, 9.17) is 0 Å². The SMILES string of the molecule is C[C@]12C(=O)[C@@](C)(C(c3ccccc3)=C1c1ccccc1)[C@H]1c3cccc4cccc(c34)[C@@H]12. The molecule has 4 atom stereocenters. The van der Waals surface area contributed by atoms with Crippen LogP contribution in [0.15, 0.2) is 97.1 Å². The van der Waals surface area contributed by atoms with E-state index in [2.05, 4.69) is 111 Å². The number of hydrogen-bond acceptors (Lipinski definition) is 1. The van der Waals surface area contributed by atoms with Crippen molar-refractivity contribution in [1.82, 2.24) is 0 Å². The number of fused-ring (bicyclic) bond motifs is 7. The molecule has 154 valence electrons. The maximum atomic E-state index is 14.5. The normalized spacial score (nSPS) is 29.8. The largest absolute Gasteiger partial charge is 0.298 e. The number of carbonyl (C=O) groups excluding carboxylic acids is 1. The monoisotopic (exact) mass is 412 g/mol. The average Bonchev–Trinajstić information content (AvgIpc) is 3.34. The van der Waals surface area contributed by atoms with Crippen molar-refractivity contribution in [1.29, 1.82) is 0 Å². The lowest BCUT2D eigenvalue weighted by atomic mass is 9.61. The molecule has 3 aliphatic rings. The summed E-state index contributed by atoms with van der Waals surface area (Å²) in [7, 11) is 0. The first-order chi connectivity index (χ1) is 15.6. The molecule has 1 fully saturated rings. The summed E-state index contributed by atoms with van der Waals surface area (Å²) in [4.78, 5) is 14.5. The van der Waals surface area contributed by atoms with Crippen LogP contribution in [-0.4, -0.2) is 5.78 Å². The van der Waals surface area contributed by atoms with Crippen LogP contribution in [0.1, 0.15) is 47.9 Å². The molecule has 0 N–H and O–H groups in total. The van der Waals surface area contributed by atoms with E-state index in [1.54, 1.807) is 0 Å². The van der Waals surface area contributed by atoms with E-state index >= 15 is 0 Å². The lowest BCUT2D eigenvalue weighted by Crippen LogP contribution is -2.28. The van der Waals surface area contributed by atoms with Gasteiger partial charge in [0.1, 0.15) is 0 Å². The first-order valence-corrected chi connectivity index (χ1v) is 11.5.